The van der Waals surface area contributed by atoms with Crippen LogP contribution in [0.25, 0.3) is 64.6 Å². The third-order valence-electron chi connectivity index (χ3n) is 7.88. The van der Waals surface area contributed by atoms with Crippen LogP contribution in [0.4, 0.5) is 0 Å². The lowest BCUT2D eigenvalue weighted by molar-refractivity contribution is 0.893. The summed E-state index contributed by atoms with van der Waals surface area (Å²) in [6.07, 6.45) is 3.51. The van der Waals surface area contributed by atoms with Crippen molar-refractivity contribution in [2.24, 2.45) is 10.2 Å². The molecule has 0 aliphatic carbocycles. The minimum absolute atomic E-state index is 0. The van der Waals surface area contributed by atoms with E-state index in [9.17, 15) is 0 Å². The Morgan fingerprint density at radius 2 is 0.805 bits per heavy atom. The summed E-state index contributed by atoms with van der Waals surface area (Å²) in [6, 6.07) is 38.5. The lowest BCUT2D eigenvalue weighted by atomic mass is 9.92. The Morgan fingerprint density at radius 1 is 0.463 bits per heavy atom. The summed E-state index contributed by atoms with van der Waals surface area (Å²) in [5.41, 5.74) is 7.48. The second-order valence-electron chi connectivity index (χ2n) is 10.1. The standard InChI is InChI=1S/C35H23N5.ClH/c36-35(39-37-19-27-13-11-25-9-7-21-3-1-5-23-15-17-29(27)33(25)31(21)23)40-38-20-28-14-12-26-10-8-22-4-2-6-24-16-18-30(28)34(26)32(22)24;/h1-20H,(H3,36,39,40);1H/b37-19+,38-20+;. The van der Waals surface area contributed by atoms with Gasteiger partial charge in [0.25, 0.3) is 0 Å². The van der Waals surface area contributed by atoms with Gasteiger partial charge >= 0.3 is 0 Å². The summed E-state index contributed by atoms with van der Waals surface area (Å²) >= 11 is 0. The third kappa shape index (κ3) is 3.98. The summed E-state index contributed by atoms with van der Waals surface area (Å²) in [7, 11) is 0. The van der Waals surface area contributed by atoms with Gasteiger partial charge in [-0.05, 0) is 64.6 Å². The van der Waals surface area contributed by atoms with E-state index in [-0.39, 0.29) is 18.4 Å². The molecule has 0 unspecified atom stereocenters. The molecule has 0 spiro atoms. The summed E-state index contributed by atoms with van der Waals surface area (Å²) in [4.78, 5) is 0. The number of hydrogen-bond donors (Lipinski definition) is 3. The average molecular weight is 550 g/mol. The lowest BCUT2D eigenvalue weighted by Crippen LogP contribution is -2.29. The highest BCUT2D eigenvalue weighted by Crippen LogP contribution is 2.36. The normalized spacial score (nSPS) is 12.1. The molecule has 41 heavy (non-hydrogen) atoms. The Labute approximate surface area is 241 Å². The maximum atomic E-state index is 8.24. The van der Waals surface area contributed by atoms with Crippen LogP contribution in [0.5, 0.6) is 0 Å². The molecule has 8 rings (SSSR count). The van der Waals surface area contributed by atoms with E-state index >= 15 is 0 Å². The van der Waals surface area contributed by atoms with Gasteiger partial charge in [0.15, 0.2) is 0 Å². The van der Waals surface area contributed by atoms with E-state index in [0.29, 0.717) is 0 Å². The van der Waals surface area contributed by atoms with E-state index in [4.69, 9.17) is 5.41 Å². The zero-order valence-electron chi connectivity index (χ0n) is 21.8. The zero-order valence-corrected chi connectivity index (χ0v) is 22.7. The number of nitrogens with one attached hydrogen (secondary N) is 3. The van der Waals surface area contributed by atoms with E-state index in [1.807, 2.05) is 0 Å². The third-order valence-corrected chi connectivity index (χ3v) is 7.88. The number of halogens is 1. The second kappa shape index (κ2) is 9.73. The van der Waals surface area contributed by atoms with Gasteiger partial charge in [-0.3, -0.25) is 5.41 Å². The van der Waals surface area contributed by atoms with Crippen LogP contribution < -0.4 is 10.9 Å². The highest BCUT2D eigenvalue weighted by molar-refractivity contribution is 6.26. The van der Waals surface area contributed by atoms with Crippen LogP contribution in [-0.4, -0.2) is 18.4 Å². The van der Waals surface area contributed by atoms with Gasteiger partial charge in [0.2, 0.25) is 5.96 Å². The van der Waals surface area contributed by atoms with Crippen LogP contribution >= 0.6 is 12.4 Å². The molecule has 8 aromatic rings. The summed E-state index contributed by atoms with van der Waals surface area (Å²) in [5, 5.41) is 31.5. The second-order valence-corrected chi connectivity index (χ2v) is 10.1. The van der Waals surface area contributed by atoms with Crippen molar-refractivity contribution in [3.63, 3.8) is 0 Å². The van der Waals surface area contributed by atoms with E-state index in [1.54, 1.807) is 12.4 Å². The highest BCUT2D eigenvalue weighted by atomic mass is 35.5. The van der Waals surface area contributed by atoms with Crippen molar-refractivity contribution in [2.75, 3.05) is 0 Å². The van der Waals surface area contributed by atoms with Gasteiger partial charge in [-0.15, -0.1) is 12.4 Å². The average Bonchev–Trinajstić information content (AvgIpc) is 3.00. The number of nitrogens with zero attached hydrogens (tertiary/aromatic N) is 2. The van der Waals surface area contributed by atoms with Crippen molar-refractivity contribution in [1.82, 2.24) is 10.9 Å². The molecule has 0 saturated carbocycles. The number of guanidine groups is 1. The molecule has 0 radical (unpaired) electrons. The van der Waals surface area contributed by atoms with Crippen LogP contribution in [0.2, 0.25) is 0 Å². The van der Waals surface area contributed by atoms with E-state index in [1.165, 1.54) is 53.9 Å². The Morgan fingerprint density at radius 3 is 1.22 bits per heavy atom. The minimum atomic E-state index is -0.0112. The van der Waals surface area contributed by atoms with Gasteiger partial charge in [-0.25, -0.2) is 10.9 Å². The Kier molecular flexibility index (Phi) is 5.88. The molecule has 0 saturated heterocycles. The molecule has 0 aliphatic heterocycles. The molecule has 0 fully saturated rings. The lowest BCUT2D eigenvalue weighted by Gasteiger charge is -2.12. The topological polar surface area (TPSA) is 72.6 Å². The van der Waals surface area contributed by atoms with Crippen LogP contribution in [0.15, 0.2) is 119 Å². The number of hydrogen-bond acceptors (Lipinski definition) is 3. The zero-order chi connectivity index (χ0) is 26.6. The van der Waals surface area contributed by atoms with Crippen LogP contribution in [0.1, 0.15) is 11.1 Å². The Bertz CT molecular complexity index is 2110. The summed E-state index contributed by atoms with van der Waals surface area (Å²) in [5.74, 6) is -0.0112. The molecule has 0 bridgehead atoms. The van der Waals surface area contributed by atoms with Crippen LogP contribution in [0.3, 0.4) is 0 Å². The van der Waals surface area contributed by atoms with E-state index in [2.05, 4.69) is 130 Å². The van der Waals surface area contributed by atoms with Gasteiger partial charge in [0, 0.05) is 11.1 Å². The van der Waals surface area contributed by atoms with Gasteiger partial charge in [-0.1, -0.05) is 109 Å². The molecule has 0 aliphatic rings. The molecule has 6 heteroatoms. The molecule has 0 atom stereocenters. The molecule has 196 valence electrons. The smallest absolute Gasteiger partial charge is 0.230 e. The predicted octanol–water partition coefficient (Wildman–Crippen LogP) is 8.39. The monoisotopic (exact) mass is 549 g/mol. The first-order chi connectivity index (χ1) is 19.7. The van der Waals surface area contributed by atoms with Crippen molar-refractivity contribution >= 4 is 95.4 Å². The molecule has 3 N–H and O–H groups in total. The first kappa shape index (κ1) is 24.8. The fraction of sp³-hybridized carbons (Fsp3) is 0. The van der Waals surface area contributed by atoms with Gasteiger partial charge in [0.1, 0.15) is 0 Å². The number of benzene rings is 8. The van der Waals surface area contributed by atoms with E-state index in [0.717, 1.165) is 21.9 Å². The number of rotatable bonds is 4. The van der Waals surface area contributed by atoms with Crippen LogP contribution in [-0.2, 0) is 0 Å². The SMILES string of the molecule is Cl.N=C(N/N=C/c1ccc2ccc3cccc4ccc1c2c34)N/N=C/c1ccc2ccc3cccc4ccc1c2c34. The Hall–Kier alpha value is -5.26. The van der Waals surface area contributed by atoms with E-state index < -0.39 is 0 Å². The van der Waals surface area contributed by atoms with Crippen molar-refractivity contribution < 1.29 is 0 Å². The summed E-state index contributed by atoms with van der Waals surface area (Å²) < 4.78 is 0. The Balaban J connectivity index is 0.00000276. The summed E-state index contributed by atoms with van der Waals surface area (Å²) in [6.45, 7) is 0. The molecule has 0 amide bonds. The van der Waals surface area contributed by atoms with Gasteiger partial charge in [0.05, 0.1) is 12.4 Å². The van der Waals surface area contributed by atoms with Crippen molar-refractivity contribution in [1.29, 1.82) is 5.41 Å². The first-order valence-electron chi connectivity index (χ1n) is 13.2. The quantitative estimate of drug-likeness (QED) is 0.0892. The molecule has 8 aromatic carbocycles. The molecular weight excluding hydrogens is 526 g/mol. The molecule has 0 aromatic heterocycles. The minimum Gasteiger partial charge on any atom is -0.266 e. The van der Waals surface area contributed by atoms with Crippen molar-refractivity contribution in [3.05, 3.63) is 120 Å². The van der Waals surface area contributed by atoms with Gasteiger partial charge < -0.3 is 0 Å². The molecule has 5 nitrogen and oxygen atoms in total. The van der Waals surface area contributed by atoms with Crippen LogP contribution in [0, 0.1) is 5.41 Å². The maximum absolute atomic E-state index is 8.24. The predicted molar refractivity (Wildman–Crippen MR) is 177 cm³/mol. The first-order valence-corrected chi connectivity index (χ1v) is 13.2. The maximum Gasteiger partial charge on any atom is 0.230 e. The highest BCUT2D eigenvalue weighted by Gasteiger charge is 2.11. The van der Waals surface area contributed by atoms with Crippen molar-refractivity contribution in [2.45, 2.75) is 0 Å². The molecular formula is C35H24ClN5. The largest absolute Gasteiger partial charge is 0.266 e. The fourth-order valence-corrected chi connectivity index (χ4v) is 6.10. The van der Waals surface area contributed by atoms with Gasteiger partial charge in [-0.2, -0.15) is 10.2 Å². The molecule has 0 heterocycles. The number of hydrazone groups is 2. The fourth-order valence-electron chi connectivity index (χ4n) is 6.10. The van der Waals surface area contributed by atoms with Crippen molar-refractivity contribution in [3.8, 4) is 0 Å².